The van der Waals surface area contributed by atoms with Gasteiger partial charge in [0, 0.05) is 21.5 Å². The van der Waals surface area contributed by atoms with Gasteiger partial charge < -0.3 is 15.4 Å². The summed E-state index contributed by atoms with van der Waals surface area (Å²) in [5.41, 5.74) is 1.32. The molecule has 0 heterocycles. The summed E-state index contributed by atoms with van der Waals surface area (Å²) in [4.78, 5) is 24.9. The van der Waals surface area contributed by atoms with Crippen molar-refractivity contribution in [2.24, 2.45) is 5.92 Å². The highest BCUT2D eigenvalue weighted by Gasteiger charge is 2.29. The number of carbonyl (C=O) groups excluding carboxylic acids is 2. The Balaban J connectivity index is 1.51. The summed E-state index contributed by atoms with van der Waals surface area (Å²) in [6, 6.07) is 12.5. The topological polar surface area (TPSA) is 67.4 Å². The van der Waals surface area contributed by atoms with Crippen LogP contribution in [0.4, 0.5) is 11.4 Å². The maximum atomic E-state index is 12.2. The van der Waals surface area contributed by atoms with E-state index in [1.807, 2.05) is 24.3 Å². The zero-order chi connectivity index (χ0) is 18.5. The molecule has 7 heteroatoms. The molecule has 1 aliphatic rings. The lowest BCUT2D eigenvalue weighted by Gasteiger charge is -2.10. The predicted molar refractivity (Wildman–Crippen MR) is 105 cm³/mol. The highest BCUT2D eigenvalue weighted by atomic mass is 35.5. The van der Waals surface area contributed by atoms with Crippen LogP contribution in [0, 0.1) is 5.92 Å². The summed E-state index contributed by atoms with van der Waals surface area (Å²) in [7, 11) is 1.54. The number of methoxy groups -OCH3 is 1. The van der Waals surface area contributed by atoms with Crippen LogP contribution in [-0.4, -0.2) is 24.7 Å². The van der Waals surface area contributed by atoms with Crippen LogP contribution < -0.4 is 15.4 Å². The quantitative estimate of drug-likeness (QED) is 0.686. The van der Waals surface area contributed by atoms with Gasteiger partial charge in [-0.25, -0.2) is 0 Å². The molecule has 0 aliphatic heterocycles. The molecule has 0 atom stereocenters. The molecule has 2 N–H and O–H groups in total. The number of carbonyl (C=O) groups is 2. The first-order chi connectivity index (χ1) is 12.5. The average Bonchev–Trinajstić information content (AvgIpc) is 3.46. The molecule has 0 saturated heterocycles. The van der Waals surface area contributed by atoms with Crippen LogP contribution in [0.2, 0.25) is 5.02 Å². The number of nitrogens with one attached hydrogen (secondary N) is 2. The van der Waals surface area contributed by atoms with Crippen molar-refractivity contribution < 1.29 is 14.3 Å². The van der Waals surface area contributed by atoms with Crippen molar-refractivity contribution in [1.29, 1.82) is 0 Å². The van der Waals surface area contributed by atoms with E-state index < -0.39 is 0 Å². The van der Waals surface area contributed by atoms with Gasteiger partial charge in [-0.2, -0.15) is 0 Å². The third-order valence-electron chi connectivity index (χ3n) is 3.88. The van der Waals surface area contributed by atoms with E-state index in [-0.39, 0.29) is 23.5 Å². The summed E-state index contributed by atoms with van der Waals surface area (Å²) in [6.07, 6.45) is 1.96. The molecule has 1 fully saturated rings. The second-order valence-corrected chi connectivity index (χ2v) is 7.45. The fourth-order valence-corrected chi connectivity index (χ4v) is 3.21. The summed E-state index contributed by atoms with van der Waals surface area (Å²) in [5, 5.41) is 6.22. The molecule has 136 valence electrons. The first kappa shape index (κ1) is 18.6. The molecule has 26 heavy (non-hydrogen) atoms. The Labute approximate surface area is 161 Å². The number of rotatable bonds is 7. The van der Waals surface area contributed by atoms with Crippen molar-refractivity contribution in [2.45, 2.75) is 17.7 Å². The van der Waals surface area contributed by atoms with E-state index in [9.17, 15) is 9.59 Å². The minimum Gasteiger partial charge on any atom is -0.495 e. The zero-order valence-corrected chi connectivity index (χ0v) is 15.8. The Kier molecular flexibility index (Phi) is 6.06. The highest BCUT2D eigenvalue weighted by Crippen LogP contribution is 2.31. The van der Waals surface area contributed by atoms with E-state index in [4.69, 9.17) is 16.3 Å². The van der Waals surface area contributed by atoms with Crippen LogP contribution >= 0.6 is 23.4 Å². The number of anilines is 2. The molecule has 0 aromatic heterocycles. The van der Waals surface area contributed by atoms with Gasteiger partial charge in [-0.3, -0.25) is 9.59 Å². The maximum absolute atomic E-state index is 12.2. The van der Waals surface area contributed by atoms with Crippen molar-refractivity contribution in [3.8, 4) is 5.75 Å². The summed E-state index contributed by atoms with van der Waals surface area (Å²) in [5.74, 6) is 0.922. The van der Waals surface area contributed by atoms with Gasteiger partial charge in [0.15, 0.2) is 0 Å². The SMILES string of the molecule is COc1ccc(Cl)cc1NC(=O)CSc1ccc(NC(=O)C2CC2)cc1. The van der Waals surface area contributed by atoms with Gasteiger partial charge >= 0.3 is 0 Å². The fraction of sp³-hybridized carbons (Fsp3) is 0.263. The molecule has 1 aliphatic carbocycles. The molecule has 2 aromatic rings. The Bertz CT molecular complexity index is 807. The van der Waals surface area contributed by atoms with Gasteiger partial charge in [0.25, 0.3) is 0 Å². The molecule has 0 spiro atoms. The number of ether oxygens (including phenoxy) is 1. The van der Waals surface area contributed by atoms with Crippen LogP contribution in [0.25, 0.3) is 0 Å². The lowest BCUT2D eigenvalue weighted by atomic mass is 10.3. The first-order valence-electron chi connectivity index (χ1n) is 8.22. The van der Waals surface area contributed by atoms with Crippen LogP contribution in [0.15, 0.2) is 47.4 Å². The zero-order valence-electron chi connectivity index (χ0n) is 14.3. The van der Waals surface area contributed by atoms with E-state index in [0.717, 1.165) is 23.4 Å². The molecule has 0 bridgehead atoms. The summed E-state index contributed by atoms with van der Waals surface area (Å²) >= 11 is 7.38. The van der Waals surface area contributed by atoms with E-state index in [1.165, 1.54) is 18.9 Å². The normalized spacial score (nSPS) is 13.2. The largest absolute Gasteiger partial charge is 0.495 e. The third kappa shape index (κ3) is 5.16. The monoisotopic (exact) mass is 390 g/mol. The van der Waals surface area contributed by atoms with E-state index >= 15 is 0 Å². The minimum atomic E-state index is -0.151. The molecule has 5 nitrogen and oxygen atoms in total. The standard InChI is InChI=1S/C19H19ClN2O3S/c1-25-17-9-4-13(20)10-16(17)22-18(23)11-26-15-7-5-14(6-8-15)21-19(24)12-2-3-12/h4-10,12H,2-3,11H2,1H3,(H,21,24)(H,22,23). The number of hydrogen-bond donors (Lipinski definition) is 2. The molecule has 1 saturated carbocycles. The lowest BCUT2D eigenvalue weighted by Crippen LogP contribution is -2.14. The average molecular weight is 391 g/mol. The predicted octanol–water partition coefficient (Wildman–Crippen LogP) is 4.43. The Hall–Kier alpha value is -2.18. The molecular formula is C19H19ClN2O3S. The number of benzene rings is 2. The number of thioether (sulfide) groups is 1. The van der Waals surface area contributed by atoms with Gasteiger partial charge in [0.1, 0.15) is 5.75 Å². The minimum absolute atomic E-state index is 0.0836. The number of halogens is 1. The molecule has 2 amide bonds. The van der Waals surface area contributed by atoms with Gasteiger partial charge in [0.05, 0.1) is 18.6 Å². The fourth-order valence-electron chi connectivity index (χ4n) is 2.34. The molecule has 0 radical (unpaired) electrons. The summed E-state index contributed by atoms with van der Waals surface area (Å²) < 4.78 is 5.22. The van der Waals surface area contributed by atoms with E-state index in [1.54, 1.807) is 18.2 Å². The molecule has 3 rings (SSSR count). The Morgan fingerprint density at radius 1 is 1.15 bits per heavy atom. The Morgan fingerprint density at radius 3 is 2.54 bits per heavy atom. The van der Waals surface area contributed by atoms with Gasteiger partial charge in [0.2, 0.25) is 11.8 Å². The van der Waals surface area contributed by atoms with Crippen molar-refractivity contribution >= 4 is 46.6 Å². The van der Waals surface area contributed by atoms with Crippen LogP contribution in [0.1, 0.15) is 12.8 Å². The van der Waals surface area contributed by atoms with E-state index in [2.05, 4.69) is 10.6 Å². The van der Waals surface area contributed by atoms with Gasteiger partial charge in [-0.05, 0) is 55.3 Å². The van der Waals surface area contributed by atoms with Crippen molar-refractivity contribution in [3.05, 3.63) is 47.5 Å². The highest BCUT2D eigenvalue weighted by molar-refractivity contribution is 8.00. The smallest absolute Gasteiger partial charge is 0.234 e. The van der Waals surface area contributed by atoms with Crippen molar-refractivity contribution in [2.75, 3.05) is 23.5 Å². The maximum Gasteiger partial charge on any atom is 0.234 e. The first-order valence-corrected chi connectivity index (χ1v) is 9.58. The Morgan fingerprint density at radius 2 is 1.88 bits per heavy atom. The molecule has 0 unspecified atom stereocenters. The third-order valence-corrected chi connectivity index (χ3v) is 5.12. The van der Waals surface area contributed by atoms with Crippen molar-refractivity contribution in [3.63, 3.8) is 0 Å². The second-order valence-electron chi connectivity index (χ2n) is 5.97. The number of hydrogen-bond acceptors (Lipinski definition) is 4. The molecule has 2 aromatic carbocycles. The van der Waals surface area contributed by atoms with Crippen LogP contribution in [-0.2, 0) is 9.59 Å². The van der Waals surface area contributed by atoms with Gasteiger partial charge in [-0.15, -0.1) is 11.8 Å². The number of amides is 2. The van der Waals surface area contributed by atoms with Gasteiger partial charge in [-0.1, -0.05) is 11.6 Å². The van der Waals surface area contributed by atoms with Crippen LogP contribution in [0.5, 0.6) is 5.75 Å². The second kappa shape index (κ2) is 8.47. The molecular weight excluding hydrogens is 372 g/mol. The van der Waals surface area contributed by atoms with Crippen LogP contribution in [0.3, 0.4) is 0 Å². The van der Waals surface area contributed by atoms with E-state index in [0.29, 0.717) is 16.5 Å². The van der Waals surface area contributed by atoms with Crippen molar-refractivity contribution in [1.82, 2.24) is 0 Å². The lowest BCUT2D eigenvalue weighted by molar-refractivity contribution is -0.117. The summed E-state index contributed by atoms with van der Waals surface area (Å²) in [6.45, 7) is 0.